The van der Waals surface area contributed by atoms with Crippen LogP contribution in [0.2, 0.25) is 0 Å². The summed E-state index contributed by atoms with van der Waals surface area (Å²) in [5.74, 6) is -0.477. The summed E-state index contributed by atoms with van der Waals surface area (Å²) in [6.07, 6.45) is 0.764. The highest BCUT2D eigenvalue weighted by Crippen LogP contribution is 2.22. The van der Waals surface area contributed by atoms with Crippen molar-refractivity contribution >= 4 is 38.6 Å². The summed E-state index contributed by atoms with van der Waals surface area (Å²) in [7, 11) is -3.89. The maximum Gasteiger partial charge on any atom is 0.261 e. The number of aromatic nitrogens is 2. The minimum absolute atomic E-state index is 0.0658. The molecule has 4 rings (SSSR count). The summed E-state index contributed by atoms with van der Waals surface area (Å²) in [4.78, 5) is 17.4. The molecule has 3 aromatic carbocycles. The maximum atomic E-state index is 13.1. The first-order valence-corrected chi connectivity index (χ1v) is 12.6. The molecule has 0 radical (unpaired) electrons. The van der Waals surface area contributed by atoms with Gasteiger partial charge in [0.25, 0.3) is 15.9 Å². The van der Waals surface area contributed by atoms with Crippen LogP contribution in [0.5, 0.6) is 0 Å². The van der Waals surface area contributed by atoms with Crippen LogP contribution in [0.3, 0.4) is 0 Å². The monoisotopic (exact) mass is 496 g/mol. The van der Waals surface area contributed by atoms with E-state index in [0.29, 0.717) is 31.3 Å². The Balaban J connectivity index is 1.48. The average molecular weight is 497 g/mol. The van der Waals surface area contributed by atoms with Crippen LogP contribution >= 0.6 is 0 Å². The molecule has 0 spiro atoms. The number of anilines is 2. The number of benzene rings is 3. The Morgan fingerprint density at radius 1 is 1.03 bits per heavy atom. The third-order valence-electron chi connectivity index (χ3n) is 5.28. The quantitative estimate of drug-likeness (QED) is 0.311. The van der Waals surface area contributed by atoms with Gasteiger partial charge in [-0.1, -0.05) is 12.1 Å². The zero-order chi connectivity index (χ0) is 24.8. The number of hydrogen-bond donors (Lipinski definition) is 2. The molecule has 0 saturated heterocycles. The molecule has 0 atom stereocenters. The fourth-order valence-corrected chi connectivity index (χ4v) is 4.62. The second-order valence-electron chi connectivity index (χ2n) is 7.72. The van der Waals surface area contributed by atoms with Crippen LogP contribution in [-0.2, 0) is 21.3 Å². The Labute approximate surface area is 202 Å². The fourth-order valence-electron chi connectivity index (χ4n) is 3.56. The summed E-state index contributed by atoms with van der Waals surface area (Å²) in [5, 5.41) is 2.85. The number of aryl methyl sites for hydroxylation is 1. The third-order valence-corrected chi connectivity index (χ3v) is 6.67. The summed E-state index contributed by atoms with van der Waals surface area (Å²) >= 11 is 0. The molecular formula is C25H25FN4O4S. The highest BCUT2D eigenvalue weighted by atomic mass is 32.2. The Bertz CT molecular complexity index is 1420. The highest BCUT2D eigenvalue weighted by molar-refractivity contribution is 7.92. The summed E-state index contributed by atoms with van der Waals surface area (Å²) in [6.45, 7) is 3.81. The van der Waals surface area contributed by atoms with Gasteiger partial charge in [-0.3, -0.25) is 14.8 Å². The van der Waals surface area contributed by atoms with E-state index in [1.807, 2.05) is 35.8 Å². The van der Waals surface area contributed by atoms with E-state index in [0.717, 1.165) is 29.6 Å². The number of ether oxygens (including phenoxy) is 1. The number of carbonyl (C=O) groups excluding carboxylic acids is 1. The first kappa shape index (κ1) is 24.4. The van der Waals surface area contributed by atoms with E-state index in [-0.39, 0.29) is 16.5 Å². The number of sulfonamides is 1. The molecule has 1 amide bonds. The van der Waals surface area contributed by atoms with E-state index in [2.05, 4.69) is 15.0 Å². The van der Waals surface area contributed by atoms with E-state index in [9.17, 15) is 17.6 Å². The lowest BCUT2D eigenvalue weighted by atomic mass is 10.2. The Kier molecular flexibility index (Phi) is 7.42. The van der Waals surface area contributed by atoms with E-state index in [1.165, 1.54) is 36.4 Å². The van der Waals surface area contributed by atoms with Crippen molar-refractivity contribution in [3.8, 4) is 0 Å². The maximum absolute atomic E-state index is 13.1. The van der Waals surface area contributed by atoms with Crippen LogP contribution in [0.4, 0.5) is 16.0 Å². The molecule has 0 aliphatic rings. The van der Waals surface area contributed by atoms with Gasteiger partial charge in [0.2, 0.25) is 5.95 Å². The minimum Gasteiger partial charge on any atom is -0.382 e. The summed E-state index contributed by atoms with van der Waals surface area (Å²) in [5.41, 5.74) is 2.28. The average Bonchev–Trinajstić information content (AvgIpc) is 3.19. The van der Waals surface area contributed by atoms with Crippen molar-refractivity contribution < 1.29 is 22.3 Å². The summed E-state index contributed by atoms with van der Waals surface area (Å²) < 4.78 is 47.9. The lowest BCUT2D eigenvalue weighted by Crippen LogP contribution is -2.17. The lowest BCUT2D eigenvalue weighted by molar-refractivity contribution is 0.102. The molecule has 2 N–H and O–H groups in total. The molecule has 0 aliphatic carbocycles. The SMILES string of the molecule is CCOCCCn1c(NC(=O)c2ccc(NS(=O)(=O)c3ccc(F)cc3)cc2)nc2ccccc21. The smallest absolute Gasteiger partial charge is 0.261 e. The second kappa shape index (κ2) is 10.7. The van der Waals surface area contributed by atoms with Crippen molar-refractivity contribution in [2.45, 2.75) is 24.8 Å². The number of imidazole rings is 1. The predicted octanol–water partition coefficient (Wildman–Crippen LogP) is 4.66. The Hall–Kier alpha value is -3.76. The zero-order valence-electron chi connectivity index (χ0n) is 19.1. The Morgan fingerprint density at radius 3 is 2.46 bits per heavy atom. The number of rotatable bonds is 10. The molecule has 4 aromatic rings. The van der Waals surface area contributed by atoms with Crippen LogP contribution in [-0.4, -0.2) is 37.1 Å². The topological polar surface area (TPSA) is 102 Å². The van der Waals surface area contributed by atoms with Gasteiger partial charge >= 0.3 is 0 Å². The molecule has 8 nitrogen and oxygen atoms in total. The molecular weight excluding hydrogens is 471 g/mol. The number of hydrogen-bond acceptors (Lipinski definition) is 5. The van der Waals surface area contributed by atoms with Gasteiger partial charge in [-0.25, -0.2) is 17.8 Å². The number of para-hydroxylation sites is 2. The largest absolute Gasteiger partial charge is 0.382 e. The Morgan fingerprint density at radius 2 is 1.74 bits per heavy atom. The third kappa shape index (κ3) is 5.84. The van der Waals surface area contributed by atoms with E-state index >= 15 is 0 Å². The fraction of sp³-hybridized carbons (Fsp3) is 0.200. The first-order valence-electron chi connectivity index (χ1n) is 11.1. The summed E-state index contributed by atoms with van der Waals surface area (Å²) in [6, 6.07) is 18.1. The van der Waals surface area contributed by atoms with Crippen LogP contribution in [0.25, 0.3) is 11.0 Å². The minimum atomic E-state index is -3.89. The van der Waals surface area contributed by atoms with Crippen molar-refractivity contribution in [3.05, 3.63) is 84.2 Å². The molecule has 0 aliphatic heterocycles. The number of halogens is 1. The van der Waals surface area contributed by atoms with Crippen molar-refractivity contribution in [2.24, 2.45) is 0 Å². The molecule has 1 heterocycles. The molecule has 0 unspecified atom stereocenters. The number of carbonyl (C=O) groups is 1. The highest BCUT2D eigenvalue weighted by Gasteiger charge is 2.16. The van der Waals surface area contributed by atoms with E-state index in [4.69, 9.17) is 4.74 Å². The van der Waals surface area contributed by atoms with Crippen LogP contribution in [0.15, 0.2) is 77.7 Å². The van der Waals surface area contributed by atoms with Gasteiger partial charge < -0.3 is 9.30 Å². The molecule has 10 heteroatoms. The lowest BCUT2D eigenvalue weighted by Gasteiger charge is -2.11. The second-order valence-corrected chi connectivity index (χ2v) is 9.40. The zero-order valence-corrected chi connectivity index (χ0v) is 19.9. The van der Waals surface area contributed by atoms with Gasteiger partial charge in [0.05, 0.1) is 15.9 Å². The molecule has 182 valence electrons. The van der Waals surface area contributed by atoms with Gasteiger partial charge in [-0.2, -0.15) is 0 Å². The number of amides is 1. The van der Waals surface area contributed by atoms with Crippen LogP contribution < -0.4 is 10.0 Å². The van der Waals surface area contributed by atoms with Gasteiger partial charge in [0.15, 0.2) is 0 Å². The van der Waals surface area contributed by atoms with Crippen molar-refractivity contribution in [1.29, 1.82) is 0 Å². The molecule has 0 fully saturated rings. The van der Waals surface area contributed by atoms with Crippen molar-refractivity contribution in [2.75, 3.05) is 23.3 Å². The molecule has 0 saturated carbocycles. The van der Waals surface area contributed by atoms with Crippen LogP contribution in [0, 0.1) is 5.82 Å². The van der Waals surface area contributed by atoms with Crippen molar-refractivity contribution in [1.82, 2.24) is 9.55 Å². The molecule has 0 bridgehead atoms. The van der Waals surface area contributed by atoms with Gasteiger partial charge in [0, 0.05) is 31.0 Å². The normalized spacial score (nSPS) is 11.5. The number of fused-ring (bicyclic) bond motifs is 1. The van der Waals surface area contributed by atoms with Crippen molar-refractivity contribution in [3.63, 3.8) is 0 Å². The van der Waals surface area contributed by atoms with Gasteiger partial charge in [0.1, 0.15) is 5.82 Å². The first-order chi connectivity index (χ1) is 16.9. The number of nitrogens with one attached hydrogen (secondary N) is 2. The predicted molar refractivity (Wildman–Crippen MR) is 132 cm³/mol. The van der Waals surface area contributed by atoms with Gasteiger partial charge in [-0.15, -0.1) is 0 Å². The standard InChI is InChI=1S/C25H25FN4O4S/c1-2-34-17-5-16-30-23-7-4-3-6-22(23)27-25(30)28-24(31)18-8-12-20(13-9-18)29-35(32,33)21-14-10-19(26)11-15-21/h3-4,6-15,29H,2,5,16-17H2,1H3,(H,27,28,31). The van der Waals surface area contributed by atoms with E-state index < -0.39 is 15.8 Å². The van der Waals surface area contributed by atoms with Crippen LogP contribution in [0.1, 0.15) is 23.7 Å². The van der Waals surface area contributed by atoms with E-state index in [1.54, 1.807) is 0 Å². The van der Waals surface area contributed by atoms with Gasteiger partial charge in [-0.05, 0) is 74.0 Å². The molecule has 1 aromatic heterocycles. The number of nitrogens with zero attached hydrogens (tertiary/aromatic N) is 2. The molecule has 35 heavy (non-hydrogen) atoms.